The highest BCUT2D eigenvalue weighted by Gasteiger charge is 2.26. The van der Waals surface area contributed by atoms with E-state index in [2.05, 4.69) is 53.3 Å². The van der Waals surface area contributed by atoms with Crippen molar-refractivity contribution in [3.8, 4) is 5.69 Å². The topological polar surface area (TPSA) is 54.3 Å². The van der Waals surface area contributed by atoms with Gasteiger partial charge < -0.3 is 4.90 Å². The highest BCUT2D eigenvalue weighted by atomic mass is 16.2. The van der Waals surface area contributed by atoms with Crippen LogP contribution in [0, 0.1) is 6.92 Å². The average Bonchev–Trinajstić information content (AvgIpc) is 3.30. The molecule has 34 heavy (non-hydrogen) atoms. The summed E-state index contributed by atoms with van der Waals surface area (Å²) >= 11 is 0. The Balaban J connectivity index is 1.30. The summed E-state index contributed by atoms with van der Waals surface area (Å²) in [7, 11) is 0. The van der Waals surface area contributed by atoms with Crippen molar-refractivity contribution in [2.75, 3.05) is 26.2 Å². The van der Waals surface area contributed by atoms with Gasteiger partial charge in [-0.1, -0.05) is 78.4 Å². The maximum Gasteiger partial charge on any atom is 0.293 e. The fourth-order valence-corrected chi connectivity index (χ4v) is 4.31. The maximum atomic E-state index is 13.3. The zero-order chi connectivity index (χ0) is 23.3. The number of carbonyl (C=O) groups excluding carboxylic acids is 1. The Bertz CT molecular complexity index is 1230. The maximum absolute atomic E-state index is 13.3. The molecule has 5 rings (SSSR count). The lowest BCUT2D eigenvalue weighted by molar-refractivity contribution is 0.0616. The third kappa shape index (κ3) is 5.07. The predicted molar refractivity (Wildman–Crippen MR) is 133 cm³/mol. The summed E-state index contributed by atoms with van der Waals surface area (Å²) in [6.45, 7) is 6.06. The average molecular weight is 452 g/mol. The van der Waals surface area contributed by atoms with Crippen LogP contribution >= 0.6 is 0 Å². The lowest BCUT2D eigenvalue weighted by Gasteiger charge is -2.34. The standard InChI is InChI=1S/C28H29N5O/c1-22-12-14-24(15-13-22)21-31-16-18-32(19-17-31)28(34)27-29-26(20-23-8-4-2-5-9-23)33(30-27)25-10-6-3-7-11-25/h2-15H,16-21H2,1H3. The molecule has 1 aliphatic rings. The first kappa shape index (κ1) is 22.0. The molecule has 0 unspecified atom stereocenters. The minimum Gasteiger partial charge on any atom is -0.333 e. The number of hydrogen-bond donors (Lipinski definition) is 0. The summed E-state index contributed by atoms with van der Waals surface area (Å²) in [5, 5.41) is 4.65. The van der Waals surface area contributed by atoms with Crippen LogP contribution in [-0.2, 0) is 13.0 Å². The molecule has 172 valence electrons. The zero-order valence-corrected chi connectivity index (χ0v) is 19.5. The normalized spacial score (nSPS) is 14.3. The van der Waals surface area contributed by atoms with Gasteiger partial charge >= 0.3 is 0 Å². The third-order valence-corrected chi connectivity index (χ3v) is 6.26. The predicted octanol–water partition coefficient (Wildman–Crippen LogP) is 4.12. The van der Waals surface area contributed by atoms with E-state index in [9.17, 15) is 4.79 Å². The van der Waals surface area contributed by atoms with Crippen molar-refractivity contribution < 1.29 is 4.79 Å². The molecule has 0 atom stereocenters. The van der Waals surface area contributed by atoms with Crippen molar-refractivity contribution in [3.63, 3.8) is 0 Å². The summed E-state index contributed by atoms with van der Waals surface area (Å²) < 4.78 is 1.80. The summed E-state index contributed by atoms with van der Waals surface area (Å²) in [6.07, 6.45) is 0.611. The molecule has 0 saturated carbocycles. The smallest absolute Gasteiger partial charge is 0.293 e. The number of carbonyl (C=O) groups is 1. The second-order valence-electron chi connectivity index (χ2n) is 8.82. The zero-order valence-electron chi connectivity index (χ0n) is 19.5. The van der Waals surface area contributed by atoms with E-state index in [1.807, 2.05) is 53.4 Å². The van der Waals surface area contributed by atoms with E-state index in [1.165, 1.54) is 11.1 Å². The minimum atomic E-state index is -0.0982. The van der Waals surface area contributed by atoms with Crippen LogP contribution in [0.1, 0.15) is 33.1 Å². The van der Waals surface area contributed by atoms with Gasteiger partial charge in [0.1, 0.15) is 5.82 Å². The Morgan fingerprint density at radius 3 is 2.12 bits per heavy atom. The molecular weight excluding hydrogens is 422 g/mol. The van der Waals surface area contributed by atoms with Gasteiger partial charge in [0, 0.05) is 39.1 Å². The molecule has 1 aliphatic heterocycles. The molecular formula is C28H29N5O. The Morgan fingerprint density at radius 1 is 0.794 bits per heavy atom. The van der Waals surface area contributed by atoms with Crippen molar-refractivity contribution in [2.24, 2.45) is 0 Å². The van der Waals surface area contributed by atoms with Gasteiger partial charge in [-0.15, -0.1) is 5.10 Å². The van der Waals surface area contributed by atoms with Crippen LogP contribution in [0.5, 0.6) is 0 Å². The number of aryl methyl sites for hydroxylation is 1. The monoisotopic (exact) mass is 451 g/mol. The van der Waals surface area contributed by atoms with Gasteiger partial charge in [-0.3, -0.25) is 9.69 Å². The van der Waals surface area contributed by atoms with Crippen LogP contribution in [-0.4, -0.2) is 56.7 Å². The molecule has 0 aliphatic carbocycles. The first-order valence-electron chi connectivity index (χ1n) is 11.8. The van der Waals surface area contributed by atoms with E-state index in [1.54, 1.807) is 4.68 Å². The van der Waals surface area contributed by atoms with Crippen LogP contribution in [0.15, 0.2) is 84.9 Å². The number of piperazine rings is 1. The first-order valence-corrected chi connectivity index (χ1v) is 11.8. The number of benzene rings is 3. The lowest BCUT2D eigenvalue weighted by Crippen LogP contribution is -2.48. The Morgan fingerprint density at radius 2 is 1.44 bits per heavy atom. The molecule has 1 saturated heterocycles. The minimum absolute atomic E-state index is 0.0982. The van der Waals surface area contributed by atoms with Gasteiger partial charge in [-0.2, -0.15) is 0 Å². The SMILES string of the molecule is Cc1ccc(CN2CCN(C(=O)c3nc(Cc4ccccc4)n(-c4ccccc4)n3)CC2)cc1. The van der Waals surface area contributed by atoms with Gasteiger partial charge in [0.2, 0.25) is 5.82 Å². The van der Waals surface area contributed by atoms with E-state index in [4.69, 9.17) is 4.98 Å². The molecule has 0 N–H and O–H groups in total. The molecule has 6 nitrogen and oxygen atoms in total. The molecule has 0 radical (unpaired) electrons. The van der Waals surface area contributed by atoms with Crippen LogP contribution in [0.25, 0.3) is 5.69 Å². The van der Waals surface area contributed by atoms with E-state index < -0.39 is 0 Å². The summed E-state index contributed by atoms with van der Waals surface area (Å²) in [6, 6.07) is 28.7. The van der Waals surface area contributed by atoms with E-state index in [-0.39, 0.29) is 11.7 Å². The fraction of sp³-hybridized carbons (Fsp3) is 0.250. The number of amides is 1. The molecule has 1 aromatic heterocycles. The number of aromatic nitrogens is 3. The first-order chi connectivity index (χ1) is 16.7. The Kier molecular flexibility index (Phi) is 6.49. The second-order valence-corrected chi connectivity index (χ2v) is 8.82. The van der Waals surface area contributed by atoms with Crippen LogP contribution < -0.4 is 0 Å². The summed E-state index contributed by atoms with van der Waals surface area (Å²) in [5.41, 5.74) is 4.62. The molecule has 0 bridgehead atoms. The summed E-state index contributed by atoms with van der Waals surface area (Å²) in [4.78, 5) is 22.3. The highest BCUT2D eigenvalue weighted by molar-refractivity contribution is 5.90. The number of rotatable bonds is 6. The van der Waals surface area contributed by atoms with Crippen molar-refractivity contribution in [3.05, 3.63) is 113 Å². The van der Waals surface area contributed by atoms with Gasteiger partial charge in [0.25, 0.3) is 5.91 Å². The van der Waals surface area contributed by atoms with Gasteiger partial charge in [-0.25, -0.2) is 9.67 Å². The molecule has 2 heterocycles. The second kappa shape index (κ2) is 10.0. The van der Waals surface area contributed by atoms with Crippen molar-refractivity contribution in [2.45, 2.75) is 19.9 Å². The van der Waals surface area contributed by atoms with E-state index in [0.717, 1.165) is 36.7 Å². The van der Waals surface area contributed by atoms with E-state index >= 15 is 0 Å². The fourth-order valence-electron chi connectivity index (χ4n) is 4.31. The van der Waals surface area contributed by atoms with Crippen molar-refractivity contribution in [1.82, 2.24) is 24.6 Å². The largest absolute Gasteiger partial charge is 0.333 e. The van der Waals surface area contributed by atoms with Crippen LogP contribution in [0.4, 0.5) is 0 Å². The van der Waals surface area contributed by atoms with Gasteiger partial charge in [-0.05, 0) is 30.2 Å². The summed E-state index contributed by atoms with van der Waals surface area (Å²) in [5.74, 6) is 0.930. The highest BCUT2D eigenvalue weighted by Crippen LogP contribution is 2.16. The van der Waals surface area contributed by atoms with E-state index in [0.29, 0.717) is 19.5 Å². The third-order valence-electron chi connectivity index (χ3n) is 6.26. The molecule has 1 fully saturated rings. The van der Waals surface area contributed by atoms with Crippen LogP contribution in [0.3, 0.4) is 0 Å². The van der Waals surface area contributed by atoms with Gasteiger partial charge in [0.05, 0.1) is 5.69 Å². The number of para-hydroxylation sites is 1. The van der Waals surface area contributed by atoms with Crippen LogP contribution in [0.2, 0.25) is 0 Å². The molecule has 3 aromatic carbocycles. The Hall–Kier alpha value is -3.77. The molecule has 4 aromatic rings. The van der Waals surface area contributed by atoms with Gasteiger partial charge in [0.15, 0.2) is 0 Å². The molecule has 0 spiro atoms. The van der Waals surface area contributed by atoms with Crippen molar-refractivity contribution >= 4 is 5.91 Å². The number of hydrogen-bond acceptors (Lipinski definition) is 4. The number of nitrogens with zero attached hydrogens (tertiary/aromatic N) is 5. The van der Waals surface area contributed by atoms with Crippen molar-refractivity contribution in [1.29, 1.82) is 0 Å². The quantitative estimate of drug-likeness (QED) is 0.442. The molecule has 1 amide bonds. The lowest BCUT2D eigenvalue weighted by atomic mass is 10.1. The Labute approximate surface area is 200 Å². The molecule has 6 heteroatoms.